The van der Waals surface area contributed by atoms with Crippen LogP contribution in [0.1, 0.15) is 46.1 Å². The van der Waals surface area contributed by atoms with E-state index in [-0.39, 0.29) is 23.2 Å². The highest BCUT2D eigenvalue weighted by Crippen LogP contribution is 2.48. The van der Waals surface area contributed by atoms with Crippen molar-refractivity contribution in [2.75, 3.05) is 0 Å². The minimum absolute atomic E-state index is 0.0802. The van der Waals surface area contributed by atoms with Crippen molar-refractivity contribution >= 4 is 0 Å². The first-order valence-corrected chi connectivity index (χ1v) is 7.59. The number of benzene rings is 1. The minimum atomic E-state index is -0.133. The topological polar surface area (TPSA) is 44.5 Å². The van der Waals surface area contributed by atoms with Gasteiger partial charge in [-0.05, 0) is 26.3 Å². The third-order valence-corrected chi connectivity index (χ3v) is 5.14. The molecule has 0 amide bonds. The van der Waals surface area contributed by atoms with Crippen molar-refractivity contribution in [3.63, 3.8) is 0 Å². The predicted octanol–water partition coefficient (Wildman–Crippen LogP) is 3.29. The number of rotatable bonds is 3. The third-order valence-electron chi connectivity index (χ3n) is 5.14. The lowest BCUT2D eigenvalue weighted by atomic mass is 9.62. The fourth-order valence-corrected chi connectivity index (χ4v) is 3.35. The molecule has 2 aliphatic rings. The molecule has 0 saturated heterocycles. The summed E-state index contributed by atoms with van der Waals surface area (Å²) in [4.78, 5) is 0. The van der Waals surface area contributed by atoms with Gasteiger partial charge >= 0.3 is 0 Å². The van der Waals surface area contributed by atoms with Crippen LogP contribution in [0.4, 0.5) is 0 Å². The summed E-state index contributed by atoms with van der Waals surface area (Å²) in [6.07, 6.45) is 3.10. The molecule has 3 rings (SSSR count). The second-order valence-electron chi connectivity index (χ2n) is 7.09. The van der Waals surface area contributed by atoms with E-state index in [2.05, 4.69) is 39.8 Å². The molecule has 20 heavy (non-hydrogen) atoms. The standard InChI is InChI=1S/C17H25NO2/c1-5-17(4)13(18)9-14(17)19-12-8-6-7-11-10-16(2,3)20-15(11)12/h6-8,13-14H,5,9-10,18H2,1-4H3. The summed E-state index contributed by atoms with van der Waals surface area (Å²) < 4.78 is 12.3. The molecule has 3 atom stereocenters. The highest BCUT2D eigenvalue weighted by atomic mass is 16.5. The van der Waals surface area contributed by atoms with Gasteiger partial charge in [-0.3, -0.25) is 0 Å². The van der Waals surface area contributed by atoms with Gasteiger partial charge in [0.05, 0.1) is 0 Å². The van der Waals surface area contributed by atoms with Crippen LogP contribution < -0.4 is 15.2 Å². The molecule has 1 saturated carbocycles. The molecular formula is C17H25NO2. The summed E-state index contributed by atoms with van der Waals surface area (Å²) in [5, 5.41) is 0. The van der Waals surface area contributed by atoms with E-state index in [9.17, 15) is 0 Å². The smallest absolute Gasteiger partial charge is 0.165 e. The van der Waals surface area contributed by atoms with Gasteiger partial charge in [0.25, 0.3) is 0 Å². The van der Waals surface area contributed by atoms with Crippen LogP contribution in [0.15, 0.2) is 18.2 Å². The Morgan fingerprint density at radius 3 is 2.75 bits per heavy atom. The Bertz CT molecular complexity index is 526. The maximum atomic E-state index is 6.26. The second kappa shape index (κ2) is 4.39. The number of hydrogen-bond donors (Lipinski definition) is 1. The van der Waals surface area contributed by atoms with E-state index in [0.29, 0.717) is 0 Å². The van der Waals surface area contributed by atoms with Gasteiger partial charge < -0.3 is 15.2 Å². The Balaban J connectivity index is 1.83. The van der Waals surface area contributed by atoms with E-state index in [1.54, 1.807) is 0 Å². The van der Waals surface area contributed by atoms with Gasteiger partial charge in [-0.15, -0.1) is 0 Å². The molecule has 0 aromatic heterocycles. The van der Waals surface area contributed by atoms with Crippen LogP contribution >= 0.6 is 0 Å². The maximum Gasteiger partial charge on any atom is 0.165 e. The third kappa shape index (κ3) is 1.99. The van der Waals surface area contributed by atoms with Crippen molar-refractivity contribution in [3.8, 4) is 11.5 Å². The van der Waals surface area contributed by atoms with E-state index in [1.807, 2.05) is 6.07 Å². The van der Waals surface area contributed by atoms with Gasteiger partial charge in [-0.2, -0.15) is 0 Å². The molecule has 1 heterocycles. The molecular weight excluding hydrogens is 250 g/mol. The van der Waals surface area contributed by atoms with Crippen LogP contribution in [0.25, 0.3) is 0 Å². The van der Waals surface area contributed by atoms with Crippen LogP contribution in [0, 0.1) is 5.41 Å². The van der Waals surface area contributed by atoms with Crippen LogP contribution in [0.2, 0.25) is 0 Å². The van der Waals surface area contributed by atoms with Gasteiger partial charge in [-0.25, -0.2) is 0 Å². The Hall–Kier alpha value is -1.22. The molecule has 1 aliphatic heterocycles. The molecule has 3 unspecified atom stereocenters. The first kappa shape index (κ1) is 13.7. The summed E-state index contributed by atoms with van der Waals surface area (Å²) >= 11 is 0. The fraction of sp³-hybridized carbons (Fsp3) is 0.647. The molecule has 0 radical (unpaired) electrons. The number of ether oxygens (including phenoxy) is 2. The molecule has 1 fully saturated rings. The van der Waals surface area contributed by atoms with Crippen molar-refractivity contribution in [1.82, 2.24) is 0 Å². The van der Waals surface area contributed by atoms with Crippen LogP contribution in [0.3, 0.4) is 0 Å². The Morgan fingerprint density at radius 1 is 1.35 bits per heavy atom. The molecule has 3 nitrogen and oxygen atoms in total. The van der Waals surface area contributed by atoms with Crippen molar-refractivity contribution in [2.24, 2.45) is 11.1 Å². The predicted molar refractivity (Wildman–Crippen MR) is 80.3 cm³/mol. The van der Waals surface area contributed by atoms with E-state index in [4.69, 9.17) is 15.2 Å². The highest BCUT2D eigenvalue weighted by molar-refractivity contribution is 5.50. The molecule has 1 aromatic rings. The summed E-state index contributed by atoms with van der Waals surface area (Å²) in [7, 11) is 0. The summed E-state index contributed by atoms with van der Waals surface area (Å²) in [6, 6.07) is 6.44. The van der Waals surface area contributed by atoms with Gasteiger partial charge in [-0.1, -0.05) is 26.0 Å². The number of nitrogens with two attached hydrogens (primary N) is 1. The molecule has 1 aliphatic carbocycles. The van der Waals surface area contributed by atoms with Crippen molar-refractivity contribution in [3.05, 3.63) is 23.8 Å². The quantitative estimate of drug-likeness (QED) is 0.920. The lowest BCUT2D eigenvalue weighted by molar-refractivity contribution is -0.0577. The van der Waals surface area contributed by atoms with Gasteiger partial charge in [0, 0.05) is 29.9 Å². The lowest BCUT2D eigenvalue weighted by Crippen LogP contribution is -2.61. The average Bonchev–Trinajstić information content (AvgIpc) is 2.72. The van der Waals surface area contributed by atoms with Crippen LogP contribution in [-0.4, -0.2) is 17.7 Å². The van der Waals surface area contributed by atoms with Gasteiger partial charge in [0.15, 0.2) is 11.5 Å². The first-order chi connectivity index (χ1) is 9.36. The summed E-state index contributed by atoms with van der Waals surface area (Å²) in [5.74, 6) is 1.81. The maximum absolute atomic E-state index is 6.26. The number of hydrogen-bond acceptors (Lipinski definition) is 3. The molecule has 0 bridgehead atoms. The SMILES string of the molecule is CCC1(C)C(N)CC1Oc1cccc2c1OC(C)(C)C2. The Morgan fingerprint density at radius 2 is 2.10 bits per heavy atom. The first-order valence-electron chi connectivity index (χ1n) is 7.59. The fourth-order valence-electron chi connectivity index (χ4n) is 3.35. The van der Waals surface area contributed by atoms with Gasteiger partial charge in [0.1, 0.15) is 11.7 Å². The van der Waals surface area contributed by atoms with Crippen LogP contribution in [0.5, 0.6) is 11.5 Å². The highest BCUT2D eigenvalue weighted by Gasteiger charge is 2.50. The van der Waals surface area contributed by atoms with Gasteiger partial charge in [0.2, 0.25) is 0 Å². The monoisotopic (exact) mass is 275 g/mol. The summed E-state index contributed by atoms with van der Waals surface area (Å²) in [6.45, 7) is 8.64. The molecule has 2 N–H and O–H groups in total. The zero-order chi connectivity index (χ0) is 14.5. The van der Waals surface area contributed by atoms with Crippen molar-refractivity contribution in [2.45, 2.75) is 64.7 Å². The lowest BCUT2D eigenvalue weighted by Gasteiger charge is -2.51. The van der Waals surface area contributed by atoms with E-state index < -0.39 is 0 Å². The van der Waals surface area contributed by atoms with Crippen molar-refractivity contribution < 1.29 is 9.47 Å². The van der Waals surface area contributed by atoms with E-state index in [1.165, 1.54) is 5.56 Å². The molecule has 0 spiro atoms. The Kier molecular flexibility index (Phi) is 3.02. The van der Waals surface area contributed by atoms with E-state index in [0.717, 1.165) is 30.8 Å². The minimum Gasteiger partial charge on any atom is -0.486 e. The van der Waals surface area contributed by atoms with E-state index >= 15 is 0 Å². The molecule has 110 valence electrons. The van der Waals surface area contributed by atoms with Crippen molar-refractivity contribution in [1.29, 1.82) is 0 Å². The molecule has 1 aromatic carbocycles. The number of fused-ring (bicyclic) bond motifs is 1. The van der Waals surface area contributed by atoms with Crippen LogP contribution in [-0.2, 0) is 6.42 Å². The number of para-hydroxylation sites is 1. The average molecular weight is 275 g/mol. The zero-order valence-electron chi connectivity index (χ0n) is 12.9. The normalized spacial score (nSPS) is 34.0. The Labute approximate surface area is 121 Å². The summed E-state index contributed by atoms with van der Waals surface area (Å²) in [5.41, 5.74) is 7.35. The zero-order valence-corrected chi connectivity index (χ0v) is 12.9. The largest absolute Gasteiger partial charge is 0.486 e. The molecule has 3 heteroatoms. The second-order valence-corrected chi connectivity index (χ2v) is 7.09.